The molecule has 1 N–H and O–H groups in total. The van der Waals surface area contributed by atoms with Crippen LogP contribution in [0.2, 0.25) is 0 Å². The van der Waals surface area contributed by atoms with Crippen molar-refractivity contribution < 1.29 is 9.90 Å². The third-order valence-corrected chi connectivity index (χ3v) is 2.97. The van der Waals surface area contributed by atoms with E-state index in [9.17, 15) is 9.90 Å². The molecule has 0 saturated heterocycles. The van der Waals surface area contributed by atoms with Crippen molar-refractivity contribution >= 4 is 11.9 Å². The molecule has 0 fully saturated rings. The Morgan fingerprint density at radius 1 is 1.16 bits per heavy atom. The molecule has 0 aliphatic heterocycles. The number of fused-ring (bicyclic) bond motifs is 1. The summed E-state index contributed by atoms with van der Waals surface area (Å²) in [7, 11) is 0. The van der Waals surface area contributed by atoms with Gasteiger partial charge in [0.1, 0.15) is 11.6 Å². The second-order valence-electron chi connectivity index (χ2n) is 4.23. The van der Waals surface area contributed by atoms with Crippen molar-refractivity contribution in [3.8, 4) is 5.75 Å². The summed E-state index contributed by atoms with van der Waals surface area (Å²) in [6.45, 7) is 0. The normalized spacial score (nSPS) is 10.7. The van der Waals surface area contributed by atoms with Gasteiger partial charge in [-0.3, -0.25) is 9.20 Å². The van der Waals surface area contributed by atoms with Gasteiger partial charge >= 0.3 is 0 Å². The molecule has 0 aliphatic rings. The summed E-state index contributed by atoms with van der Waals surface area (Å²) >= 11 is 0. The minimum absolute atomic E-state index is 0.228. The molecule has 0 aliphatic carbocycles. The summed E-state index contributed by atoms with van der Waals surface area (Å²) in [4.78, 5) is 10.8. The predicted molar refractivity (Wildman–Crippen MR) is 69.3 cm³/mol. The van der Waals surface area contributed by atoms with Gasteiger partial charge in [-0.1, -0.05) is 18.2 Å². The van der Waals surface area contributed by atoms with E-state index in [1.165, 1.54) is 0 Å². The number of aromatic hydroxyl groups is 1. The molecular formula is C14H11N3O2. The third kappa shape index (κ3) is 2.06. The van der Waals surface area contributed by atoms with Crippen LogP contribution >= 0.6 is 0 Å². The monoisotopic (exact) mass is 253 g/mol. The molecule has 1 aromatic carbocycles. The Balaban J connectivity index is 2.06. The Morgan fingerprint density at radius 2 is 2.00 bits per heavy atom. The van der Waals surface area contributed by atoms with Crippen LogP contribution in [0.3, 0.4) is 0 Å². The molecule has 0 radical (unpaired) electrons. The number of phenols is 1. The molecular weight excluding hydrogens is 242 g/mol. The molecule has 5 nitrogen and oxygen atoms in total. The van der Waals surface area contributed by atoms with E-state index in [4.69, 9.17) is 0 Å². The maximum Gasteiger partial charge on any atom is 0.160 e. The van der Waals surface area contributed by atoms with Gasteiger partial charge in [-0.05, 0) is 18.2 Å². The summed E-state index contributed by atoms with van der Waals surface area (Å²) in [5.41, 5.74) is 2.01. The lowest BCUT2D eigenvalue weighted by atomic mass is 10.1. The molecule has 3 rings (SSSR count). The summed E-state index contributed by atoms with van der Waals surface area (Å²) in [6.07, 6.45) is 2.93. The number of benzene rings is 1. The quantitative estimate of drug-likeness (QED) is 0.723. The van der Waals surface area contributed by atoms with Crippen LogP contribution in [-0.4, -0.2) is 26.0 Å². The number of rotatable bonds is 3. The first-order valence-electron chi connectivity index (χ1n) is 5.83. The lowest BCUT2D eigenvalue weighted by Crippen LogP contribution is -1.98. The topological polar surface area (TPSA) is 67.5 Å². The molecule has 2 aromatic heterocycles. The van der Waals surface area contributed by atoms with Crippen molar-refractivity contribution in [3.63, 3.8) is 0 Å². The number of hydrogen-bond donors (Lipinski definition) is 1. The highest BCUT2D eigenvalue weighted by Gasteiger charge is 2.09. The van der Waals surface area contributed by atoms with Crippen molar-refractivity contribution in [3.05, 3.63) is 59.5 Å². The maximum atomic E-state index is 10.8. The van der Waals surface area contributed by atoms with E-state index in [1.54, 1.807) is 34.9 Å². The number of pyridine rings is 1. The first-order valence-corrected chi connectivity index (χ1v) is 5.83. The van der Waals surface area contributed by atoms with Crippen LogP contribution in [0.15, 0.2) is 42.6 Å². The van der Waals surface area contributed by atoms with E-state index in [-0.39, 0.29) is 5.75 Å². The van der Waals surface area contributed by atoms with Crippen LogP contribution in [0.1, 0.15) is 21.7 Å². The number of carbonyl (C=O) groups excluding carboxylic acids is 1. The largest absolute Gasteiger partial charge is 0.508 e. The molecule has 3 aromatic rings. The number of nitrogens with zero attached hydrogens (tertiary/aromatic N) is 3. The van der Waals surface area contributed by atoms with Crippen LogP contribution < -0.4 is 0 Å². The average Bonchev–Trinajstić information content (AvgIpc) is 2.84. The van der Waals surface area contributed by atoms with Gasteiger partial charge in [0.05, 0.1) is 0 Å². The van der Waals surface area contributed by atoms with Crippen LogP contribution in [0.4, 0.5) is 0 Å². The zero-order chi connectivity index (χ0) is 13.2. The minimum atomic E-state index is 0.228. The van der Waals surface area contributed by atoms with Gasteiger partial charge in [0.25, 0.3) is 0 Å². The Kier molecular flexibility index (Phi) is 2.72. The van der Waals surface area contributed by atoms with Gasteiger partial charge in [0.15, 0.2) is 11.9 Å². The van der Waals surface area contributed by atoms with Crippen LogP contribution in [-0.2, 0) is 6.42 Å². The highest BCUT2D eigenvalue weighted by atomic mass is 16.3. The summed E-state index contributed by atoms with van der Waals surface area (Å²) in [5, 5.41) is 17.9. The summed E-state index contributed by atoms with van der Waals surface area (Å²) in [6, 6.07) is 10.5. The Bertz CT molecular complexity index is 749. The minimum Gasteiger partial charge on any atom is -0.508 e. The molecule has 5 heteroatoms. The van der Waals surface area contributed by atoms with Crippen molar-refractivity contribution in [2.75, 3.05) is 0 Å². The Morgan fingerprint density at radius 3 is 2.79 bits per heavy atom. The van der Waals surface area contributed by atoms with Crippen LogP contribution in [0.5, 0.6) is 5.75 Å². The number of aldehydes is 1. The van der Waals surface area contributed by atoms with E-state index < -0.39 is 0 Å². The molecule has 0 amide bonds. The summed E-state index contributed by atoms with van der Waals surface area (Å²) in [5.74, 6) is 0.908. The van der Waals surface area contributed by atoms with Crippen molar-refractivity contribution in [2.45, 2.75) is 6.42 Å². The number of para-hydroxylation sites is 1. The van der Waals surface area contributed by atoms with Gasteiger partial charge in [-0.2, -0.15) is 0 Å². The van der Waals surface area contributed by atoms with Gasteiger partial charge in [-0.25, -0.2) is 0 Å². The van der Waals surface area contributed by atoms with Crippen molar-refractivity contribution in [1.29, 1.82) is 0 Å². The van der Waals surface area contributed by atoms with E-state index in [1.807, 2.05) is 12.1 Å². The lowest BCUT2D eigenvalue weighted by molar-refractivity contribution is 0.112. The first kappa shape index (κ1) is 11.4. The smallest absolute Gasteiger partial charge is 0.160 e. The molecule has 0 bridgehead atoms. The highest BCUT2D eigenvalue weighted by Crippen LogP contribution is 2.19. The van der Waals surface area contributed by atoms with Gasteiger partial charge in [0.2, 0.25) is 0 Å². The predicted octanol–water partition coefficient (Wildman–Crippen LogP) is 1.84. The molecule has 0 atom stereocenters. The fraction of sp³-hybridized carbons (Fsp3) is 0.0714. The highest BCUT2D eigenvalue weighted by molar-refractivity contribution is 5.74. The fourth-order valence-corrected chi connectivity index (χ4v) is 1.98. The number of aromatic nitrogens is 3. The molecule has 94 valence electrons. The first-order chi connectivity index (χ1) is 9.28. The number of phenolic OH excluding ortho intramolecular Hbond substituents is 1. The molecule has 0 saturated carbocycles. The lowest BCUT2D eigenvalue weighted by Gasteiger charge is -2.03. The van der Waals surface area contributed by atoms with Crippen LogP contribution in [0.25, 0.3) is 5.65 Å². The molecule has 0 spiro atoms. The van der Waals surface area contributed by atoms with E-state index in [0.717, 1.165) is 11.8 Å². The fourth-order valence-electron chi connectivity index (χ4n) is 1.98. The second kappa shape index (κ2) is 4.53. The van der Waals surface area contributed by atoms with E-state index >= 15 is 0 Å². The Labute approximate surface area is 109 Å². The van der Waals surface area contributed by atoms with Crippen molar-refractivity contribution in [2.24, 2.45) is 0 Å². The van der Waals surface area contributed by atoms with Gasteiger partial charge in [0, 0.05) is 23.7 Å². The number of carbonyl (C=O) groups is 1. The van der Waals surface area contributed by atoms with Gasteiger partial charge < -0.3 is 5.11 Å². The molecule has 2 heterocycles. The zero-order valence-electron chi connectivity index (χ0n) is 10.0. The maximum absolute atomic E-state index is 10.8. The van der Waals surface area contributed by atoms with E-state index in [0.29, 0.717) is 23.5 Å². The van der Waals surface area contributed by atoms with Crippen LogP contribution in [0, 0.1) is 0 Å². The van der Waals surface area contributed by atoms with Gasteiger partial charge in [-0.15, -0.1) is 10.2 Å². The average molecular weight is 253 g/mol. The zero-order valence-corrected chi connectivity index (χ0v) is 10.0. The SMILES string of the molecule is O=Cc1ccc2nnc(Cc3ccccc3O)n2c1. The third-order valence-electron chi connectivity index (χ3n) is 2.97. The standard InChI is InChI=1S/C14H11N3O2/c18-9-10-5-6-13-15-16-14(17(13)8-10)7-11-3-1-2-4-12(11)19/h1-6,8-9,19H,7H2. The number of hydrogen-bond acceptors (Lipinski definition) is 4. The Hall–Kier alpha value is -2.69. The van der Waals surface area contributed by atoms with Crippen molar-refractivity contribution in [1.82, 2.24) is 14.6 Å². The second-order valence-corrected chi connectivity index (χ2v) is 4.23. The van der Waals surface area contributed by atoms with E-state index in [2.05, 4.69) is 10.2 Å². The molecule has 19 heavy (non-hydrogen) atoms. The summed E-state index contributed by atoms with van der Waals surface area (Å²) < 4.78 is 1.76. The molecule has 0 unspecified atom stereocenters.